The largest absolute Gasteiger partial charge is 0.494 e. The predicted molar refractivity (Wildman–Crippen MR) is 76.9 cm³/mol. The predicted octanol–water partition coefficient (Wildman–Crippen LogP) is 2.67. The third-order valence-corrected chi connectivity index (χ3v) is 3.80. The van der Waals surface area contributed by atoms with E-state index in [0.29, 0.717) is 18.9 Å². The van der Waals surface area contributed by atoms with Gasteiger partial charge in [-0.15, -0.1) is 0 Å². The summed E-state index contributed by atoms with van der Waals surface area (Å²) in [6.07, 6.45) is 2.54. The molecule has 0 N–H and O–H groups in total. The topological polar surface area (TPSA) is 46.6 Å². The Labute approximate surface area is 123 Å². The fourth-order valence-electron chi connectivity index (χ4n) is 2.71. The van der Waals surface area contributed by atoms with Gasteiger partial charge in [-0.1, -0.05) is 13.3 Å². The van der Waals surface area contributed by atoms with Crippen molar-refractivity contribution in [2.45, 2.75) is 26.2 Å². The van der Waals surface area contributed by atoms with Crippen LogP contribution in [0.1, 0.15) is 36.5 Å². The normalized spacial score (nSPS) is 18.1. The summed E-state index contributed by atoms with van der Waals surface area (Å²) in [7, 11) is 1.37. The van der Waals surface area contributed by atoms with Crippen LogP contribution in [-0.2, 0) is 4.79 Å². The summed E-state index contributed by atoms with van der Waals surface area (Å²) in [6.45, 7) is 2.72. The van der Waals surface area contributed by atoms with Gasteiger partial charge in [0.25, 0.3) is 0 Å². The van der Waals surface area contributed by atoms with E-state index in [1.54, 1.807) is 4.90 Å². The summed E-state index contributed by atoms with van der Waals surface area (Å²) in [5.41, 5.74) is 0.264. The summed E-state index contributed by atoms with van der Waals surface area (Å²) >= 11 is 0. The second kappa shape index (κ2) is 6.70. The number of Topliss-reactive ketones (excluding diaryl/α,β-unsaturated/α-hetero) is 1. The molecule has 0 spiro atoms. The van der Waals surface area contributed by atoms with Crippen LogP contribution in [0, 0.1) is 11.7 Å². The van der Waals surface area contributed by atoms with Crippen molar-refractivity contribution in [3.63, 3.8) is 0 Å². The summed E-state index contributed by atoms with van der Waals surface area (Å²) in [4.78, 5) is 25.6. The van der Waals surface area contributed by atoms with Gasteiger partial charge in [0.15, 0.2) is 17.3 Å². The van der Waals surface area contributed by atoms with E-state index in [0.717, 1.165) is 18.9 Å². The molecule has 21 heavy (non-hydrogen) atoms. The Kier molecular flexibility index (Phi) is 4.94. The summed E-state index contributed by atoms with van der Waals surface area (Å²) in [6, 6.07) is 4.10. The highest BCUT2D eigenvalue weighted by Gasteiger charge is 2.30. The molecule has 0 aliphatic carbocycles. The van der Waals surface area contributed by atoms with Gasteiger partial charge in [-0.3, -0.25) is 9.59 Å². The van der Waals surface area contributed by atoms with Crippen LogP contribution in [0.4, 0.5) is 4.39 Å². The van der Waals surface area contributed by atoms with Crippen LogP contribution in [0.3, 0.4) is 0 Å². The molecule has 1 aromatic rings. The Balaban J connectivity index is 2.01. The lowest BCUT2D eigenvalue weighted by Gasteiger charge is -2.16. The second-order valence-corrected chi connectivity index (χ2v) is 5.41. The van der Waals surface area contributed by atoms with Crippen LogP contribution in [-0.4, -0.2) is 36.8 Å². The first-order valence-corrected chi connectivity index (χ1v) is 7.19. The van der Waals surface area contributed by atoms with Crippen molar-refractivity contribution in [1.82, 2.24) is 4.90 Å². The second-order valence-electron chi connectivity index (χ2n) is 5.41. The molecule has 1 aromatic carbocycles. The number of carbonyl (C=O) groups is 2. The van der Waals surface area contributed by atoms with Crippen LogP contribution in [0.15, 0.2) is 18.2 Å². The first kappa shape index (κ1) is 15.5. The third-order valence-electron chi connectivity index (χ3n) is 3.80. The van der Waals surface area contributed by atoms with Gasteiger partial charge in [0.05, 0.1) is 13.7 Å². The van der Waals surface area contributed by atoms with Gasteiger partial charge < -0.3 is 9.64 Å². The SMILES string of the molecule is CCCC1CC(=O)N(CC(=O)c2ccc(OC)c(F)c2)C1. The summed E-state index contributed by atoms with van der Waals surface area (Å²) in [5.74, 6) is -0.368. The Morgan fingerprint density at radius 1 is 1.48 bits per heavy atom. The molecule has 0 radical (unpaired) electrons. The molecule has 0 bridgehead atoms. The lowest BCUT2D eigenvalue weighted by molar-refractivity contribution is -0.127. The Morgan fingerprint density at radius 2 is 2.24 bits per heavy atom. The molecule has 1 amide bonds. The molecule has 5 heteroatoms. The molecule has 114 valence electrons. The maximum atomic E-state index is 13.6. The Bertz CT molecular complexity index is 544. The van der Waals surface area contributed by atoms with Crippen LogP contribution in [0.5, 0.6) is 5.75 Å². The monoisotopic (exact) mass is 293 g/mol. The van der Waals surface area contributed by atoms with Crippen LogP contribution >= 0.6 is 0 Å². The van der Waals surface area contributed by atoms with E-state index in [1.807, 2.05) is 0 Å². The fraction of sp³-hybridized carbons (Fsp3) is 0.500. The minimum atomic E-state index is -0.569. The number of hydrogen-bond donors (Lipinski definition) is 0. The van der Waals surface area contributed by atoms with Crippen molar-refractivity contribution >= 4 is 11.7 Å². The minimum Gasteiger partial charge on any atom is -0.494 e. The molecule has 1 heterocycles. The standard InChI is InChI=1S/C16H20FNO3/c1-3-4-11-7-16(20)18(9-11)10-14(19)12-5-6-15(21-2)13(17)8-12/h5-6,8,11H,3-4,7,9-10H2,1-2H3. The average molecular weight is 293 g/mol. The molecule has 4 nitrogen and oxygen atoms in total. The Hall–Kier alpha value is -1.91. The minimum absolute atomic E-state index is 0.00998. The number of nitrogens with zero attached hydrogens (tertiary/aromatic N) is 1. The van der Waals surface area contributed by atoms with E-state index >= 15 is 0 Å². The smallest absolute Gasteiger partial charge is 0.223 e. The van der Waals surface area contributed by atoms with E-state index in [1.165, 1.54) is 19.2 Å². The van der Waals surface area contributed by atoms with Crippen molar-refractivity contribution in [2.75, 3.05) is 20.2 Å². The molecule has 1 aliphatic rings. The molecule has 1 aliphatic heterocycles. The molecule has 0 aromatic heterocycles. The lowest BCUT2D eigenvalue weighted by Crippen LogP contribution is -2.31. The number of methoxy groups -OCH3 is 1. The number of rotatable bonds is 6. The highest BCUT2D eigenvalue weighted by atomic mass is 19.1. The Morgan fingerprint density at radius 3 is 2.86 bits per heavy atom. The van der Waals surface area contributed by atoms with Crippen molar-refractivity contribution in [3.8, 4) is 5.75 Å². The highest BCUT2D eigenvalue weighted by molar-refractivity contribution is 5.99. The van der Waals surface area contributed by atoms with Crippen molar-refractivity contribution in [2.24, 2.45) is 5.92 Å². The van der Waals surface area contributed by atoms with E-state index in [9.17, 15) is 14.0 Å². The van der Waals surface area contributed by atoms with E-state index in [-0.39, 0.29) is 29.5 Å². The number of halogens is 1. The van der Waals surface area contributed by atoms with Gasteiger partial charge in [-0.2, -0.15) is 0 Å². The number of hydrogen-bond acceptors (Lipinski definition) is 3. The van der Waals surface area contributed by atoms with Gasteiger partial charge in [0.1, 0.15) is 0 Å². The van der Waals surface area contributed by atoms with Gasteiger partial charge in [-0.05, 0) is 30.5 Å². The number of benzene rings is 1. The molecular weight excluding hydrogens is 273 g/mol. The molecule has 2 rings (SSSR count). The van der Waals surface area contributed by atoms with Gasteiger partial charge >= 0.3 is 0 Å². The zero-order chi connectivity index (χ0) is 15.4. The third kappa shape index (κ3) is 3.60. The van der Waals surface area contributed by atoms with Crippen LogP contribution in [0.2, 0.25) is 0 Å². The van der Waals surface area contributed by atoms with Crippen molar-refractivity contribution in [1.29, 1.82) is 0 Å². The van der Waals surface area contributed by atoms with Gasteiger partial charge in [-0.25, -0.2) is 4.39 Å². The first-order chi connectivity index (χ1) is 10.0. The van der Waals surface area contributed by atoms with Gasteiger partial charge in [0, 0.05) is 18.5 Å². The van der Waals surface area contributed by atoms with Crippen LogP contribution in [0.25, 0.3) is 0 Å². The van der Waals surface area contributed by atoms with Crippen LogP contribution < -0.4 is 4.74 Å². The number of likely N-dealkylation sites (tertiary alicyclic amines) is 1. The van der Waals surface area contributed by atoms with Crippen molar-refractivity contribution < 1.29 is 18.7 Å². The summed E-state index contributed by atoms with van der Waals surface area (Å²) < 4.78 is 18.4. The lowest BCUT2D eigenvalue weighted by atomic mass is 10.0. The van der Waals surface area contributed by atoms with E-state index in [4.69, 9.17) is 4.74 Å². The van der Waals surface area contributed by atoms with Crippen molar-refractivity contribution in [3.05, 3.63) is 29.6 Å². The summed E-state index contributed by atoms with van der Waals surface area (Å²) in [5, 5.41) is 0. The van der Waals surface area contributed by atoms with E-state index < -0.39 is 5.82 Å². The van der Waals surface area contributed by atoms with Gasteiger partial charge in [0.2, 0.25) is 5.91 Å². The molecule has 0 saturated carbocycles. The number of carbonyl (C=O) groups excluding carboxylic acids is 2. The number of ether oxygens (including phenoxy) is 1. The molecule has 1 saturated heterocycles. The maximum absolute atomic E-state index is 13.6. The molecule has 1 atom stereocenters. The molecule has 1 unspecified atom stereocenters. The maximum Gasteiger partial charge on any atom is 0.223 e. The quantitative estimate of drug-likeness (QED) is 0.758. The number of amides is 1. The first-order valence-electron chi connectivity index (χ1n) is 7.19. The molecule has 1 fully saturated rings. The zero-order valence-electron chi connectivity index (χ0n) is 12.4. The number of ketones is 1. The highest BCUT2D eigenvalue weighted by Crippen LogP contribution is 2.23. The zero-order valence-corrected chi connectivity index (χ0v) is 12.4. The average Bonchev–Trinajstić information content (AvgIpc) is 2.79. The van der Waals surface area contributed by atoms with E-state index in [2.05, 4.69) is 6.92 Å². The molecular formula is C16H20FNO3. The fourth-order valence-corrected chi connectivity index (χ4v) is 2.71.